The van der Waals surface area contributed by atoms with Crippen molar-refractivity contribution in [3.63, 3.8) is 0 Å². The number of thiazole rings is 1. The van der Waals surface area contributed by atoms with E-state index in [1.807, 2.05) is 13.8 Å². The number of carbonyl (C=O) groups is 1. The van der Waals surface area contributed by atoms with Gasteiger partial charge in [0, 0.05) is 0 Å². The number of nitrogens with one attached hydrogen (secondary N) is 1. The van der Waals surface area contributed by atoms with Gasteiger partial charge < -0.3 is 10.4 Å². The maximum Gasteiger partial charge on any atom is 0.326 e. The second-order valence-corrected chi connectivity index (χ2v) is 3.52. The molecule has 4 nitrogen and oxygen atoms in total. The number of rotatable bonds is 4. The molecule has 0 fully saturated rings. The van der Waals surface area contributed by atoms with E-state index in [1.165, 1.54) is 11.3 Å². The number of carboxylic acids is 1. The van der Waals surface area contributed by atoms with Crippen molar-refractivity contribution in [2.45, 2.75) is 19.9 Å². The first-order valence-corrected chi connectivity index (χ1v) is 4.91. The molecule has 2 N–H and O–H groups in total. The normalized spacial score (nSPS) is 12.8. The summed E-state index contributed by atoms with van der Waals surface area (Å²) in [6.07, 6.45) is 0. The zero-order chi connectivity index (χ0) is 9.84. The summed E-state index contributed by atoms with van der Waals surface area (Å²) in [6, 6.07) is -0.613. The predicted molar refractivity (Wildman–Crippen MR) is 50.9 cm³/mol. The molecule has 0 aliphatic carbocycles. The summed E-state index contributed by atoms with van der Waals surface area (Å²) in [5.74, 6) is -0.853. The Kier molecular flexibility index (Phi) is 3.39. The molecule has 5 heteroatoms. The Bertz CT molecular complexity index is 298. The highest BCUT2D eigenvalue weighted by Crippen LogP contribution is 2.21. The highest BCUT2D eigenvalue weighted by atomic mass is 32.1. The van der Waals surface area contributed by atoms with Gasteiger partial charge in [-0.2, -0.15) is 0 Å². The van der Waals surface area contributed by atoms with Crippen LogP contribution in [0.1, 0.15) is 23.5 Å². The van der Waals surface area contributed by atoms with Crippen LogP contribution in [0.4, 0.5) is 0 Å². The lowest BCUT2D eigenvalue weighted by Crippen LogP contribution is -2.27. The van der Waals surface area contributed by atoms with Crippen molar-refractivity contribution in [2.24, 2.45) is 0 Å². The number of nitrogens with zero attached hydrogens (tertiary/aromatic N) is 1. The van der Waals surface area contributed by atoms with Crippen LogP contribution in [-0.2, 0) is 4.79 Å². The van der Waals surface area contributed by atoms with E-state index < -0.39 is 12.0 Å². The average molecular weight is 200 g/mol. The van der Waals surface area contributed by atoms with Gasteiger partial charge in [0.2, 0.25) is 0 Å². The minimum absolute atomic E-state index is 0.613. The minimum Gasteiger partial charge on any atom is -0.480 e. The first-order chi connectivity index (χ1) is 6.16. The number of aryl methyl sites for hydroxylation is 1. The van der Waals surface area contributed by atoms with Crippen LogP contribution < -0.4 is 5.32 Å². The van der Waals surface area contributed by atoms with Crippen LogP contribution >= 0.6 is 11.3 Å². The van der Waals surface area contributed by atoms with E-state index >= 15 is 0 Å². The van der Waals surface area contributed by atoms with Crippen molar-refractivity contribution in [3.05, 3.63) is 16.1 Å². The lowest BCUT2D eigenvalue weighted by Gasteiger charge is -2.11. The van der Waals surface area contributed by atoms with E-state index in [0.29, 0.717) is 6.54 Å². The molecule has 0 aromatic carbocycles. The van der Waals surface area contributed by atoms with Gasteiger partial charge >= 0.3 is 5.97 Å². The molecule has 0 saturated heterocycles. The van der Waals surface area contributed by atoms with Gasteiger partial charge in [-0.05, 0) is 13.5 Å². The third-order valence-corrected chi connectivity index (χ3v) is 2.70. The summed E-state index contributed by atoms with van der Waals surface area (Å²) in [7, 11) is 0. The number of likely N-dealkylation sites (N-methyl/N-ethyl adjacent to an activating group) is 1. The maximum atomic E-state index is 10.9. The third-order valence-electron chi connectivity index (χ3n) is 1.70. The van der Waals surface area contributed by atoms with Crippen molar-refractivity contribution in [2.75, 3.05) is 6.54 Å². The molecule has 0 spiro atoms. The van der Waals surface area contributed by atoms with Crippen LogP contribution in [0.3, 0.4) is 0 Å². The van der Waals surface area contributed by atoms with E-state index in [4.69, 9.17) is 5.11 Å². The molecular formula is C8H12N2O2S. The molecule has 1 aromatic rings. The van der Waals surface area contributed by atoms with Crippen LogP contribution in [0.2, 0.25) is 0 Å². The van der Waals surface area contributed by atoms with Gasteiger partial charge in [-0.15, -0.1) is 11.3 Å². The SMILES string of the molecule is CCNC(C(=O)O)c1scnc1C. The number of aromatic nitrogens is 1. The first kappa shape index (κ1) is 10.1. The smallest absolute Gasteiger partial charge is 0.326 e. The summed E-state index contributed by atoms with van der Waals surface area (Å²) < 4.78 is 0. The number of carboxylic acid groups (broad SMARTS) is 1. The molecule has 1 unspecified atom stereocenters. The van der Waals surface area contributed by atoms with Gasteiger partial charge in [0.25, 0.3) is 0 Å². The highest BCUT2D eigenvalue weighted by molar-refractivity contribution is 7.10. The van der Waals surface area contributed by atoms with E-state index in [0.717, 1.165) is 10.6 Å². The molecule has 1 aromatic heterocycles. The Morgan fingerprint density at radius 2 is 2.54 bits per heavy atom. The fraction of sp³-hybridized carbons (Fsp3) is 0.500. The molecule has 0 aliphatic heterocycles. The Balaban J connectivity index is 2.88. The Morgan fingerprint density at radius 3 is 2.92 bits per heavy atom. The molecule has 13 heavy (non-hydrogen) atoms. The second kappa shape index (κ2) is 4.34. The zero-order valence-corrected chi connectivity index (χ0v) is 8.39. The molecule has 1 rings (SSSR count). The number of aliphatic carboxylic acids is 1. The van der Waals surface area contributed by atoms with E-state index in [-0.39, 0.29) is 0 Å². The first-order valence-electron chi connectivity index (χ1n) is 4.03. The van der Waals surface area contributed by atoms with Crippen LogP contribution in [0, 0.1) is 6.92 Å². The lowest BCUT2D eigenvalue weighted by molar-refractivity contribution is -0.139. The highest BCUT2D eigenvalue weighted by Gasteiger charge is 2.21. The summed E-state index contributed by atoms with van der Waals surface area (Å²) >= 11 is 1.37. The predicted octanol–water partition coefficient (Wildman–Crippen LogP) is 1.19. The zero-order valence-electron chi connectivity index (χ0n) is 7.57. The molecular weight excluding hydrogens is 188 g/mol. The molecule has 0 radical (unpaired) electrons. The van der Waals surface area contributed by atoms with Crippen molar-refractivity contribution < 1.29 is 9.90 Å². The van der Waals surface area contributed by atoms with Crippen molar-refractivity contribution in [3.8, 4) is 0 Å². The van der Waals surface area contributed by atoms with Crippen LogP contribution in [0.5, 0.6) is 0 Å². The van der Waals surface area contributed by atoms with E-state index in [1.54, 1.807) is 5.51 Å². The molecule has 1 heterocycles. The van der Waals surface area contributed by atoms with Gasteiger partial charge in [0.1, 0.15) is 6.04 Å². The molecule has 0 amide bonds. The largest absolute Gasteiger partial charge is 0.480 e. The van der Waals surface area contributed by atoms with Gasteiger partial charge in [0.05, 0.1) is 16.1 Å². The van der Waals surface area contributed by atoms with Crippen molar-refractivity contribution in [1.82, 2.24) is 10.3 Å². The van der Waals surface area contributed by atoms with Gasteiger partial charge in [-0.1, -0.05) is 6.92 Å². The second-order valence-electron chi connectivity index (χ2n) is 2.63. The standard InChI is InChI=1S/C8H12N2O2S/c1-3-9-6(8(11)12)7-5(2)10-4-13-7/h4,6,9H,3H2,1-2H3,(H,11,12). The third kappa shape index (κ3) is 2.26. The lowest BCUT2D eigenvalue weighted by atomic mass is 10.2. The van der Waals surface area contributed by atoms with Crippen LogP contribution in [0.15, 0.2) is 5.51 Å². The molecule has 0 aliphatic rings. The van der Waals surface area contributed by atoms with Crippen molar-refractivity contribution >= 4 is 17.3 Å². The van der Waals surface area contributed by atoms with Gasteiger partial charge in [0.15, 0.2) is 0 Å². The summed E-state index contributed by atoms with van der Waals surface area (Å²) in [5.41, 5.74) is 2.45. The Labute approximate surface area is 80.6 Å². The fourth-order valence-electron chi connectivity index (χ4n) is 1.08. The summed E-state index contributed by atoms with van der Waals surface area (Å²) in [6.45, 7) is 4.33. The molecule has 0 saturated carbocycles. The summed E-state index contributed by atoms with van der Waals surface area (Å²) in [4.78, 5) is 15.7. The van der Waals surface area contributed by atoms with Gasteiger partial charge in [-0.3, -0.25) is 4.79 Å². The number of hydrogen-bond acceptors (Lipinski definition) is 4. The molecule has 72 valence electrons. The average Bonchev–Trinajstić information content (AvgIpc) is 2.47. The summed E-state index contributed by atoms with van der Waals surface area (Å²) in [5, 5.41) is 11.8. The Hall–Kier alpha value is -0.940. The number of hydrogen-bond donors (Lipinski definition) is 2. The van der Waals surface area contributed by atoms with Gasteiger partial charge in [-0.25, -0.2) is 4.98 Å². The topological polar surface area (TPSA) is 62.2 Å². The molecule has 1 atom stereocenters. The quantitative estimate of drug-likeness (QED) is 0.766. The van der Waals surface area contributed by atoms with Crippen LogP contribution in [-0.4, -0.2) is 22.6 Å². The minimum atomic E-state index is -0.853. The van der Waals surface area contributed by atoms with Crippen molar-refractivity contribution in [1.29, 1.82) is 0 Å². The van der Waals surface area contributed by atoms with E-state index in [2.05, 4.69) is 10.3 Å². The van der Waals surface area contributed by atoms with Crippen LogP contribution in [0.25, 0.3) is 0 Å². The monoisotopic (exact) mass is 200 g/mol. The fourth-order valence-corrected chi connectivity index (χ4v) is 1.95. The molecule has 0 bridgehead atoms. The Morgan fingerprint density at radius 1 is 1.85 bits per heavy atom. The maximum absolute atomic E-state index is 10.9. The van der Waals surface area contributed by atoms with E-state index in [9.17, 15) is 4.79 Å².